The Morgan fingerprint density at radius 3 is 1.81 bits per heavy atom. The molecule has 7 aromatic carbocycles. The fourth-order valence-corrected chi connectivity index (χ4v) is 6.86. The Hall–Kier alpha value is -6.59. The van der Waals surface area contributed by atoms with E-state index in [0.717, 1.165) is 82.5 Å². The Bertz CT molecular complexity index is 2840. The van der Waals surface area contributed by atoms with Crippen LogP contribution in [0.2, 0.25) is 0 Å². The summed E-state index contributed by atoms with van der Waals surface area (Å²) in [5.74, 6) is 1.72. The van der Waals surface area contributed by atoms with Crippen LogP contribution in [0.5, 0.6) is 0 Å². The maximum Gasteiger partial charge on any atom is 0.167 e. The molecule has 0 saturated carbocycles. The van der Waals surface area contributed by atoms with Crippen LogP contribution in [0, 0.1) is 0 Å². The first-order valence-electron chi connectivity index (χ1n) is 15.9. The summed E-state index contributed by atoms with van der Waals surface area (Å²) in [6.45, 7) is 0. The van der Waals surface area contributed by atoms with Crippen LogP contribution in [0.15, 0.2) is 160 Å². The van der Waals surface area contributed by atoms with Gasteiger partial charge in [0.1, 0.15) is 22.3 Å². The molecule has 0 amide bonds. The van der Waals surface area contributed by atoms with Gasteiger partial charge in [-0.1, -0.05) is 115 Å². The van der Waals surface area contributed by atoms with E-state index < -0.39 is 0 Å². The van der Waals surface area contributed by atoms with Gasteiger partial charge in [-0.15, -0.1) is 0 Å². The first-order chi connectivity index (χ1) is 23.8. The molecule has 5 heteroatoms. The van der Waals surface area contributed by atoms with Crippen molar-refractivity contribution in [2.24, 2.45) is 0 Å². The molecule has 10 aromatic rings. The van der Waals surface area contributed by atoms with Crippen LogP contribution in [0.4, 0.5) is 0 Å². The number of rotatable bonds is 4. The lowest BCUT2D eigenvalue weighted by molar-refractivity contribution is 0.669. The molecule has 0 radical (unpaired) electrons. The topological polar surface area (TPSA) is 65.0 Å². The summed E-state index contributed by atoms with van der Waals surface area (Å²) >= 11 is 0. The molecule has 0 spiro atoms. The van der Waals surface area contributed by atoms with Crippen molar-refractivity contribution in [3.63, 3.8) is 0 Å². The number of fused-ring (bicyclic) bond motifs is 8. The highest BCUT2D eigenvalue weighted by Crippen LogP contribution is 2.42. The molecule has 0 unspecified atom stereocenters. The molecule has 3 heterocycles. The second kappa shape index (κ2) is 10.5. The average Bonchev–Trinajstić information content (AvgIpc) is 3.74. The van der Waals surface area contributed by atoms with Crippen molar-refractivity contribution < 1.29 is 8.83 Å². The van der Waals surface area contributed by atoms with E-state index in [9.17, 15) is 0 Å². The van der Waals surface area contributed by atoms with E-state index in [1.165, 1.54) is 0 Å². The van der Waals surface area contributed by atoms with Crippen LogP contribution in [-0.4, -0.2) is 15.0 Å². The van der Waals surface area contributed by atoms with Crippen molar-refractivity contribution in [3.05, 3.63) is 152 Å². The van der Waals surface area contributed by atoms with Gasteiger partial charge >= 0.3 is 0 Å². The van der Waals surface area contributed by atoms with E-state index in [0.29, 0.717) is 17.5 Å². The van der Waals surface area contributed by atoms with E-state index in [2.05, 4.69) is 72.8 Å². The van der Waals surface area contributed by atoms with Crippen LogP contribution in [0.25, 0.3) is 99.9 Å². The average molecular weight is 616 g/mol. The van der Waals surface area contributed by atoms with Crippen molar-refractivity contribution in [2.75, 3.05) is 0 Å². The minimum absolute atomic E-state index is 0.552. The van der Waals surface area contributed by atoms with Gasteiger partial charge in [-0.3, -0.25) is 0 Å². The summed E-state index contributed by atoms with van der Waals surface area (Å²) in [6.07, 6.45) is 0. The molecule has 0 atom stereocenters. The first kappa shape index (κ1) is 26.6. The summed E-state index contributed by atoms with van der Waals surface area (Å²) in [5.41, 5.74) is 8.12. The van der Waals surface area contributed by atoms with Crippen molar-refractivity contribution in [2.45, 2.75) is 0 Å². The number of hydrogen-bond donors (Lipinski definition) is 0. The van der Waals surface area contributed by atoms with Crippen molar-refractivity contribution in [1.82, 2.24) is 15.0 Å². The zero-order valence-electron chi connectivity index (χ0n) is 25.6. The van der Waals surface area contributed by atoms with Crippen LogP contribution < -0.4 is 0 Å². The molecule has 0 fully saturated rings. The van der Waals surface area contributed by atoms with Gasteiger partial charge in [-0.25, -0.2) is 15.0 Å². The lowest BCUT2D eigenvalue weighted by Gasteiger charge is -2.09. The zero-order chi connectivity index (χ0) is 31.6. The van der Waals surface area contributed by atoms with Gasteiger partial charge in [0.2, 0.25) is 0 Å². The molecule has 0 aliphatic heterocycles. The summed E-state index contributed by atoms with van der Waals surface area (Å²) in [6, 6.07) is 51.6. The Labute approximate surface area is 274 Å². The lowest BCUT2D eigenvalue weighted by atomic mass is 9.95. The third-order valence-corrected chi connectivity index (χ3v) is 9.12. The summed E-state index contributed by atoms with van der Waals surface area (Å²) < 4.78 is 13.0. The number of para-hydroxylation sites is 2. The smallest absolute Gasteiger partial charge is 0.167 e. The Morgan fingerprint density at radius 2 is 0.979 bits per heavy atom. The van der Waals surface area contributed by atoms with Crippen molar-refractivity contribution in [3.8, 4) is 45.3 Å². The third-order valence-electron chi connectivity index (χ3n) is 9.12. The third kappa shape index (κ3) is 4.15. The van der Waals surface area contributed by atoms with Gasteiger partial charge in [0.05, 0.1) is 5.56 Å². The predicted molar refractivity (Wildman–Crippen MR) is 194 cm³/mol. The second-order valence-electron chi connectivity index (χ2n) is 12.0. The number of benzene rings is 7. The van der Waals surface area contributed by atoms with Crippen LogP contribution in [0.3, 0.4) is 0 Å². The van der Waals surface area contributed by atoms with Crippen molar-refractivity contribution in [1.29, 1.82) is 0 Å². The zero-order valence-corrected chi connectivity index (χ0v) is 25.6. The van der Waals surface area contributed by atoms with E-state index in [-0.39, 0.29) is 0 Å². The Morgan fingerprint density at radius 1 is 0.354 bits per heavy atom. The molecule has 0 bridgehead atoms. The van der Waals surface area contributed by atoms with Crippen LogP contribution >= 0.6 is 0 Å². The standard InChI is InChI=1S/C43H25N3O2/c1-3-12-26(13-4-1)34-24-28-16-7-8-17-30(28)40-38(34)35-25-29(22-23-37(35)48-40)42-44-41(27-14-5-2-6-15-27)45-43(46-42)33-20-11-19-32-31-18-9-10-21-36(31)47-39(32)33/h1-25H. The molecule has 48 heavy (non-hydrogen) atoms. The van der Waals surface area contributed by atoms with Crippen LogP contribution in [-0.2, 0) is 0 Å². The monoisotopic (exact) mass is 615 g/mol. The van der Waals surface area contributed by atoms with Gasteiger partial charge in [-0.05, 0) is 52.9 Å². The molecule has 0 saturated heterocycles. The fraction of sp³-hybridized carbons (Fsp3) is 0. The molecular formula is C43H25N3O2. The normalized spacial score (nSPS) is 11.8. The minimum Gasteiger partial charge on any atom is -0.455 e. The lowest BCUT2D eigenvalue weighted by Crippen LogP contribution is -2.00. The van der Waals surface area contributed by atoms with Gasteiger partial charge in [-0.2, -0.15) is 0 Å². The Balaban J connectivity index is 1.24. The highest BCUT2D eigenvalue weighted by molar-refractivity contribution is 6.21. The number of aromatic nitrogens is 3. The molecule has 10 rings (SSSR count). The molecule has 224 valence electrons. The van der Waals surface area contributed by atoms with Crippen molar-refractivity contribution >= 4 is 54.6 Å². The first-order valence-corrected chi connectivity index (χ1v) is 15.9. The largest absolute Gasteiger partial charge is 0.455 e. The SMILES string of the molecule is c1ccc(-c2nc(-c3ccc4oc5c6ccccc6cc(-c6ccccc6)c5c4c3)nc(-c3cccc4c3oc3ccccc34)n2)cc1. The quantitative estimate of drug-likeness (QED) is 0.197. The van der Waals surface area contributed by atoms with Gasteiger partial charge < -0.3 is 8.83 Å². The van der Waals surface area contributed by atoms with E-state index in [1.807, 2.05) is 78.9 Å². The molecule has 3 aromatic heterocycles. The Kier molecular flexibility index (Phi) is 5.81. The van der Waals surface area contributed by atoms with E-state index >= 15 is 0 Å². The number of hydrogen-bond acceptors (Lipinski definition) is 5. The van der Waals surface area contributed by atoms with Gasteiger partial charge in [0, 0.05) is 38.1 Å². The van der Waals surface area contributed by atoms with Gasteiger partial charge in [0.25, 0.3) is 0 Å². The van der Waals surface area contributed by atoms with Crippen LogP contribution in [0.1, 0.15) is 0 Å². The van der Waals surface area contributed by atoms with E-state index in [1.54, 1.807) is 0 Å². The molecule has 0 aliphatic carbocycles. The number of furan rings is 2. The van der Waals surface area contributed by atoms with Gasteiger partial charge in [0.15, 0.2) is 17.5 Å². The molecule has 0 aliphatic rings. The molecule has 5 nitrogen and oxygen atoms in total. The summed E-state index contributed by atoms with van der Waals surface area (Å²) in [5, 5.41) is 6.38. The maximum absolute atomic E-state index is 6.62. The predicted octanol–water partition coefficient (Wildman–Crippen LogP) is 11.5. The fourth-order valence-electron chi connectivity index (χ4n) is 6.86. The second-order valence-corrected chi connectivity index (χ2v) is 12.0. The minimum atomic E-state index is 0.552. The highest BCUT2D eigenvalue weighted by atomic mass is 16.3. The summed E-state index contributed by atoms with van der Waals surface area (Å²) in [7, 11) is 0. The molecule has 0 N–H and O–H groups in total. The maximum atomic E-state index is 6.62. The molecular weight excluding hydrogens is 590 g/mol. The summed E-state index contributed by atoms with van der Waals surface area (Å²) in [4.78, 5) is 15.2. The number of nitrogens with zero attached hydrogens (tertiary/aromatic N) is 3. The highest BCUT2D eigenvalue weighted by Gasteiger charge is 2.20. The van der Waals surface area contributed by atoms with E-state index in [4.69, 9.17) is 23.8 Å².